The van der Waals surface area contributed by atoms with E-state index in [1.54, 1.807) is 37.3 Å². The molecule has 1 aromatic heterocycles. The predicted molar refractivity (Wildman–Crippen MR) is 138 cm³/mol. The number of pyridine rings is 1. The van der Waals surface area contributed by atoms with E-state index in [0.29, 0.717) is 5.56 Å². The van der Waals surface area contributed by atoms with Crippen molar-refractivity contribution in [1.29, 1.82) is 0 Å². The van der Waals surface area contributed by atoms with Crippen LogP contribution < -0.4 is 15.4 Å². The Hall–Kier alpha value is -3.28. The highest BCUT2D eigenvalue weighted by Gasteiger charge is 2.44. The summed E-state index contributed by atoms with van der Waals surface area (Å²) in [5, 5.41) is 4.30. The summed E-state index contributed by atoms with van der Waals surface area (Å²) >= 11 is 12.1. The first-order chi connectivity index (χ1) is 17.2. The van der Waals surface area contributed by atoms with E-state index < -0.39 is 38.7 Å². The zero-order valence-corrected chi connectivity index (χ0v) is 21.7. The monoisotopic (exact) mass is 554 g/mol. The second-order valence-electron chi connectivity index (χ2n) is 7.42. The number of anilines is 1. The summed E-state index contributed by atoms with van der Waals surface area (Å²) in [6.07, 6.45) is 4.65. The summed E-state index contributed by atoms with van der Waals surface area (Å²) < 4.78 is 12.7. The van der Waals surface area contributed by atoms with E-state index in [9.17, 15) is 19.2 Å². The molecular weight excluding hydrogens is 531 g/mol. The van der Waals surface area contributed by atoms with E-state index in [1.807, 2.05) is 0 Å². The number of nitrogens with one attached hydrogen (secondary N) is 3. The minimum absolute atomic E-state index is 0.0295. The van der Waals surface area contributed by atoms with Crippen molar-refractivity contribution < 1.29 is 28.7 Å². The van der Waals surface area contributed by atoms with E-state index in [2.05, 4.69) is 20.3 Å². The first-order valence-corrected chi connectivity index (χ1v) is 13.3. The van der Waals surface area contributed by atoms with Gasteiger partial charge in [0.2, 0.25) is 0 Å². The topological polar surface area (TPSA) is 136 Å². The summed E-state index contributed by atoms with van der Waals surface area (Å²) in [6, 6.07) is 6.79. The highest BCUT2D eigenvalue weighted by molar-refractivity contribution is 8.54. The maximum absolute atomic E-state index is 13.1. The van der Waals surface area contributed by atoms with Gasteiger partial charge in [-0.15, -0.1) is 0 Å². The molecule has 3 rings (SSSR count). The number of ether oxygens (including phenoxy) is 2. The number of hydrogen-bond acceptors (Lipinski definition) is 8. The molecule has 13 heteroatoms. The SMILES string of the molecule is CCOC(=O)S1(C(=O)NC(Cc2ccc(NC(=O)c3c(Cl)cccc3Cl)nc2)C(=O)OC)CC=CN1. The number of rotatable bonds is 7. The quantitative estimate of drug-likeness (QED) is 0.427. The number of carbonyl (C=O) groups excluding carboxylic acids is 4. The van der Waals surface area contributed by atoms with E-state index in [-0.39, 0.29) is 40.2 Å². The van der Waals surface area contributed by atoms with E-state index in [1.165, 1.54) is 25.6 Å². The molecule has 36 heavy (non-hydrogen) atoms. The molecule has 0 fully saturated rings. The third-order valence-electron chi connectivity index (χ3n) is 5.07. The summed E-state index contributed by atoms with van der Waals surface area (Å²) in [5.41, 5.74) is 0.686. The van der Waals surface area contributed by atoms with Crippen LogP contribution in [-0.4, -0.2) is 52.9 Å². The molecule has 10 nitrogen and oxygen atoms in total. The summed E-state index contributed by atoms with van der Waals surface area (Å²) in [5.74, 6) is -0.851. The third kappa shape index (κ3) is 6.10. The van der Waals surface area contributed by atoms with Crippen LogP contribution >= 0.6 is 33.4 Å². The molecule has 1 aromatic carbocycles. The van der Waals surface area contributed by atoms with Gasteiger partial charge in [0.15, 0.2) is 0 Å². The van der Waals surface area contributed by atoms with Crippen LogP contribution in [0.5, 0.6) is 0 Å². The van der Waals surface area contributed by atoms with Crippen LogP contribution in [0.3, 0.4) is 0 Å². The van der Waals surface area contributed by atoms with Gasteiger partial charge in [-0.1, -0.05) is 41.4 Å². The van der Waals surface area contributed by atoms with Gasteiger partial charge in [0, 0.05) is 34.8 Å². The maximum Gasteiger partial charge on any atom is 0.375 e. The van der Waals surface area contributed by atoms with Crippen LogP contribution in [0, 0.1) is 0 Å². The third-order valence-corrected chi connectivity index (χ3v) is 8.37. The van der Waals surface area contributed by atoms with Gasteiger partial charge >= 0.3 is 11.3 Å². The van der Waals surface area contributed by atoms with Gasteiger partial charge in [0.25, 0.3) is 11.1 Å². The lowest BCUT2D eigenvalue weighted by molar-refractivity contribution is -0.142. The highest BCUT2D eigenvalue weighted by atomic mass is 35.5. The number of aromatic nitrogens is 1. The van der Waals surface area contributed by atoms with Gasteiger partial charge in [-0.2, -0.15) is 0 Å². The Morgan fingerprint density at radius 3 is 2.44 bits per heavy atom. The highest BCUT2D eigenvalue weighted by Crippen LogP contribution is 2.49. The van der Waals surface area contributed by atoms with Gasteiger partial charge in [-0.25, -0.2) is 14.6 Å². The lowest BCUT2D eigenvalue weighted by atomic mass is 10.1. The molecular formula is C23H24Cl2N4O6S. The van der Waals surface area contributed by atoms with Crippen LogP contribution in [-0.2, 0) is 20.7 Å². The van der Waals surface area contributed by atoms with Gasteiger partial charge in [-0.05, 0) is 30.7 Å². The lowest BCUT2D eigenvalue weighted by Crippen LogP contribution is -2.47. The molecule has 1 aliphatic heterocycles. The van der Waals surface area contributed by atoms with E-state index in [0.717, 1.165) is 0 Å². The maximum atomic E-state index is 13.1. The van der Waals surface area contributed by atoms with Crippen LogP contribution in [0.2, 0.25) is 10.0 Å². The summed E-state index contributed by atoms with van der Waals surface area (Å²) in [6.45, 7) is 1.75. The first kappa shape index (κ1) is 27.3. The Morgan fingerprint density at radius 1 is 1.17 bits per heavy atom. The smallest absolute Gasteiger partial charge is 0.375 e. The van der Waals surface area contributed by atoms with Gasteiger partial charge < -0.3 is 24.8 Å². The zero-order valence-electron chi connectivity index (χ0n) is 19.4. The molecule has 2 aromatic rings. The normalized spacial score (nSPS) is 18.8. The van der Waals surface area contributed by atoms with Crippen molar-refractivity contribution in [2.24, 2.45) is 0 Å². The standard InChI is InChI=1S/C23H24Cl2N4O6S/c1-3-35-23(33)36(11-5-10-27-36)22(32)28-17(21(31)34-2)12-14-8-9-18(26-13-14)29-20(30)19-15(24)6-4-7-16(19)25/h4-10,13,17,27H,3,11-12H2,1-2H3,(H,28,32)(H,26,29,30). The number of nitrogens with zero attached hydrogens (tertiary/aromatic N) is 1. The van der Waals surface area contributed by atoms with Crippen LogP contribution in [0.15, 0.2) is 48.8 Å². The van der Waals surface area contributed by atoms with Crippen molar-refractivity contribution in [1.82, 2.24) is 15.0 Å². The molecule has 2 atom stereocenters. The lowest BCUT2D eigenvalue weighted by Gasteiger charge is -2.32. The average molecular weight is 555 g/mol. The average Bonchev–Trinajstić information content (AvgIpc) is 3.36. The molecule has 0 saturated heterocycles. The van der Waals surface area contributed by atoms with Crippen molar-refractivity contribution in [3.8, 4) is 0 Å². The second kappa shape index (κ2) is 12.1. The molecule has 0 saturated carbocycles. The number of carbonyl (C=O) groups is 4. The number of amides is 2. The molecule has 0 spiro atoms. The number of esters is 1. The largest absolute Gasteiger partial charge is 0.467 e. The Labute approximate surface area is 219 Å². The Balaban J connectivity index is 1.71. The minimum atomic E-state index is -2.73. The van der Waals surface area contributed by atoms with Gasteiger partial charge in [0.05, 0.1) is 29.3 Å². The molecule has 0 bridgehead atoms. The summed E-state index contributed by atoms with van der Waals surface area (Å²) in [7, 11) is -1.53. The summed E-state index contributed by atoms with van der Waals surface area (Å²) in [4.78, 5) is 54.8. The van der Waals surface area contributed by atoms with Gasteiger partial charge in [0.1, 0.15) is 11.9 Å². The molecule has 192 valence electrons. The van der Waals surface area contributed by atoms with E-state index in [4.69, 9.17) is 32.7 Å². The number of halogens is 2. The molecule has 0 radical (unpaired) electrons. The first-order valence-electron chi connectivity index (χ1n) is 10.7. The van der Waals surface area contributed by atoms with Crippen LogP contribution in [0.4, 0.5) is 15.4 Å². The van der Waals surface area contributed by atoms with Crippen LogP contribution in [0.1, 0.15) is 22.8 Å². The van der Waals surface area contributed by atoms with Crippen molar-refractivity contribution in [2.75, 3.05) is 24.8 Å². The number of benzene rings is 1. The molecule has 3 N–H and O–H groups in total. The molecule has 0 aliphatic carbocycles. The Morgan fingerprint density at radius 2 is 1.89 bits per heavy atom. The minimum Gasteiger partial charge on any atom is -0.467 e. The second-order valence-corrected chi connectivity index (χ2v) is 11.0. The van der Waals surface area contributed by atoms with Crippen LogP contribution in [0.25, 0.3) is 0 Å². The zero-order chi connectivity index (χ0) is 26.3. The van der Waals surface area contributed by atoms with Gasteiger partial charge in [-0.3, -0.25) is 9.59 Å². The molecule has 1 aliphatic rings. The van der Waals surface area contributed by atoms with Crippen molar-refractivity contribution >= 4 is 61.7 Å². The fourth-order valence-corrected chi connectivity index (χ4v) is 5.95. The van der Waals surface area contributed by atoms with Crippen molar-refractivity contribution in [3.05, 3.63) is 70.0 Å². The van der Waals surface area contributed by atoms with Crippen molar-refractivity contribution in [2.45, 2.75) is 19.4 Å². The molecule has 2 unspecified atom stereocenters. The predicted octanol–water partition coefficient (Wildman–Crippen LogP) is 4.43. The molecule has 2 heterocycles. The number of methoxy groups -OCH3 is 1. The number of hydrogen-bond donors (Lipinski definition) is 3. The molecule has 2 amide bonds. The van der Waals surface area contributed by atoms with E-state index >= 15 is 0 Å². The fourth-order valence-electron chi connectivity index (χ4n) is 3.27. The van der Waals surface area contributed by atoms with Crippen molar-refractivity contribution in [3.63, 3.8) is 0 Å². The Kier molecular flexibility index (Phi) is 9.19. The fraction of sp³-hybridized carbons (Fsp3) is 0.261. The Bertz CT molecular complexity index is 1160.